The first-order chi connectivity index (χ1) is 11.3. The van der Waals surface area contributed by atoms with Crippen LogP contribution in [0.5, 0.6) is 0 Å². The second kappa shape index (κ2) is 6.28. The third-order valence-electron chi connectivity index (χ3n) is 4.86. The van der Waals surface area contributed by atoms with Crippen LogP contribution in [0.3, 0.4) is 0 Å². The number of aromatic nitrogens is 4. The van der Waals surface area contributed by atoms with E-state index in [4.69, 9.17) is 0 Å². The van der Waals surface area contributed by atoms with Gasteiger partial charge in [0.2, 0.25) is 0 Å². The molecular weight excluding hydrogens is 288 g/mol. The number of nitrogens with one attached hydrogen (secondary N) is 1. The second-order valence-electron chi connectivity index (χ2n) is 6.81. The van der Waals surface area contributed by atoms with Crippen LogP contribution in [-0.2, 0) is 26.4 Å². The lowest BCUT2D eigenvalue weighted by atomic mass is 9.95. The molecular formula is C17H24N6. The van der Waals surface area contributed by atoms with Gasteiger partial charge in [0.1, 0.15) is 0 Å². The highest BCUT2D eigenvalue weighted by atomic mass is 15.3. The smallest absolute Gasteiger partial charge is 0.151 e. The summed E-state index contributed by atoms with van der Waals surface area (Å²) in [6, 6.07) is 2.26. The first-order valence-corrected chi connectivity index (χ1v) is 8.56. The van der Waals surface area contributed by atoms with Crippen molar-refractivity contribution in [2.45, 2.75) is 32.2 Å². The summed E-state index contributed by atoms with van der Waals surface area (Å²) < 4.78 is 1.84. The Labute approximate surface area is 136 Å². The zero-order chi connectivity index (χ0) is 15.6. The minimum absolute atomic E-state index is 0.699. The number of rotatable bonds is 5. The van der Waals surface area contributed by atoms with Gasteiger partial charge in [-0.2, -0.15) is 10.2 Å². The molecule has 2 aliphatic rings. The fourth-order valence-electron chi connectivity index (χ4n) is 3.50. The lowest BCUT2D eigenvalue weighted by molar-refractivity contribution is 0.381. The quantitative estimate of drug-likeness (QED) is 0.902. The summed E-state index contributed by atoms with van der Waals surface area (Å²) in [5.41, 5.74) is 3.87. The number of hydrogen-bond donors (Lipinski definition) is 1. The predicted molar refractivity (Wildman–Crippen MR) is 89.3 cm³/mol. The van der Waals surface area contributed by atoms with Gasteiger partial charge < -0.3 is 10.2 Å². The molecule has 0 amide bonds. The molecule has 4 rings (SSSR count). The van der Waals surface area contributed by atoms with Crippen molar-refractivity contribution in [3.05, 3.63) is 35.3 Å². The Hall–Kier alpha value is -1.95. The summed E-state index contributed by atoms with van der Waals surface area (Å²) in [6.07, 6.45) is 8.80. The molecule has 122 valence electrons. The van der Waals surface area contributed by atoms with Gasteiger partial charge in [-0.1, -0.05) is 0 Å². The van der Waals surface area contributed by atoms with E-state index in [0.29, 0.717) is 5.92 Å². The van der Waals surface area contributed by atoms with Crippen LogP contribution < -0.4 is 10.2 Å². The molecule has 0 atom stereocenters. The molecule has 1 aliphatic carbocycles. The van der Waals surface area contributed by atoms with Crippen molar-refractivity contribution in [2.24, 2.45) is 13.0 Å². The SMILES string of the molecule is Cn1cc(CNCC2CN(c3cc4c(nn3)CCCC4)C2)cn1. The van der Waals surface area contributed by atoms with Crippen LogP contribution in [-0.4, -0.2) is 39.6 Å². The van der Waals surface area contributed by atoms with Crippen LogP contribution >= 0.6 is 0 Å². The van der Waals surface area contributed by atoms with Gasteiger partial charge >= 0.3 is 0 Å². The summed E-state index contributed by atoms with van der Waals surface area (Å²) >= 11 is 0. The molecule has 0 aromatic carbocycles. The number of anilines is 1. The minimum atomic E-state index is 0.699. The van der Waals surface area contributed by atoms with Crippen molar-refractivity contribution >= 4 is 5.82 Å². The summed E-state index contributed by atoms with van der Waals surface area (Å²) in [7, 11) is 1.95. The first-order valence-electron chi connectivity index (χ1n) is 8.56. The molecule has 6 heteroatoms. The molecule has 3 heterocycles. The summed E-state index contributed by atoms with van der Waals surface area (Å²) in [5.74, 6) is 1.76. The van der Waals surface area contributed by atoms with Crippen LogP contribution in [0, 0.1) is 5.92 Å². The van der Waals surface area contributed by atoms with Gasteiger partial charge in [0.05, 0.1) is 11.9 Å². The molecule has 1 saturated heterocycles. The third kappa shape index (κ3) is 3.22. The monoisotopic (exact) mass is 312 g/mol. The van der Waals surface area contributed by atoms with E-state index in [1.54, 1.807) is 0 Å². The molecule has 1 aliphatic heterocycles. The Bertz CT molecular complexity index is 673. The van der Waals surface area contributed by atoms with E-state index in [1.165, 1.54) is 36.1 Å². The van der Waals surface area contributed by atoms with Gasteiger partial charge in [0.15, 0.2) is 5.82 Å². The van der Waals surface area contributed by atoms with Gasteiger partial charge in [-0.3, -0.25) is 4.68 Å². The lowest BCUT2D eigenvalue weighted by Crippen LogP contribution is -2.51. The van der Waals surface area contributed by atoms with Crippen molar-refractivity contribution < 1.29 is 0 Å². The van der Waals surface area contributed by atoms with Crippen molar-refractivity contribution in [3.8, 4) is 0 Å². The van der Waals surface area contributed by atoms with E-state index in [0.717, 1.165) is 38.4 Å². The molecule has 2 aromatic rings. The summed E-state index contributed by atoms with van der Waals surface area (Å²) in [5, 5.41) is 16.6. The zero-order valence-electron chi connectivity index (χ0n) is 13.7. The minimum Gasteiger partial charge on any atom is -0.354 e. The highest BCUT2D eigenvalue weighted by molar-refractivity contribution is 5.44. The van der Waals surface area contributed by atoms with E-state index in [2.05, 4.69) is 37.8 Å². The Kier molecular flexibility index (Phi) is 3.99. The van der Waals surface area contributed by atoms with Gasteiger partial charge in [-0.25, -0.2) is 0 Å². The van der Waals surface area contributed by atoms with Crippen LogP contribution in [0.4, 0.5) is 5.82 Å². The standard InChI is InChI=1S/C17H24N6/c1-22-10-13(9-19-22)7-18-8-14-11-23(12-14)17-6-15-4-2-3-5-16(15)20-21-17/h6,9-10,14,18H,2-5,7-8,11-12H2,1H3. The average molecular weight is 312 g/mol. The Morgan fingerprint density at radius 1 is 1.22 bits per heavy atom. The Balaban J connectivity index is 1.25. The second-order valence-corrected chi connectivity index (χ2v) is 6.81. The largest absolute Gasteiger partial charge is 0.354 e. The zero-order valence-corrected chi connectivity index (χ0v) is 13.7. The van der Waals surface area contributed by atoms with Crippen LogP contribution in [0.25, 0.3) is 0 Å². The van der Waals surface area contributed by atoms with Crippen LogP contribution in [0.1, 0.15) is 29.7 Å². The average Bonchev–Trinajstić information content (AvgIpc) is 2.94. The molecule has 0 bridgehead atoms. The molecule has 0 saturated carbocycles. The lowest BCUT2D eigenvalue weighted by Gasteiger charge is -2.40. The normalized spacial score (nSPS) is 17.9. The van der Waals surface area contributed by atoms with E-state index in [9.17, 15) is 0 Å². The maximum absolute atomic E-state index is 4.43. The first kappa shape index (κ1) is 14.6. The van der Waals surface area contributed by atoms with E-state index in [-0.39, 0.29) is 0 Å². The van der Waals surface area contributed by atoms with Gasteiger partial charge in [-0.05, 0) is 37.3 Å². The number of hydrogen-bond acceptors (Lipinski definition) is 5. The van der Waals surface area contributed by atoms with Crippen molar-refractivity contribution in [1.82, 2.24) is 25.3 Å². The van der Waals surface area contributed by atoms with E-state index in [1.807, 2.05) is 17.9 Å². The Morgan fingerprint density at radius 2 is 2.09 bits per heavy atom. The number of fused-ring (bicyclic) bond motifs is 1. The molecule has 6 nitrogen and oxygen atoms in total. The van der Waals surface area contributed by atoms with E-state index >= 15 is 0 Å². The molecule has 0 spiro atoms. The number of nitrogens with zero attached hydrogens (tertiary/aromatic N) is 5. The molecule has 0 unspecified atom stereocenters. The third-order valence-corrected chi connectivity index (χ3v) is 4.86. The van der Waals surface area contributed by atoms with E-state index < -0.39 is 0 Å². The highest BCUT2D eigenvalue weighted by Gasteiger charge is 2.28. The highest BCUT2D eigenvalue weighted by Crippen LogP contribution is 2.26. The van der Waals surface area contributed by atoms with Crippen LogP contribution in [0.2, 0.25) is 0 Å². The van der Waals surface area contributed by atoms with Crippen molar-refractivity contribution in [2.75, 3.05) is 24.5 Å². The summed E-state index contributed by atoms with van der Waals surface area (Å²) in [4.78, 5) is 2.35. The van der Waals surface area contributed by atoms with Crippen molar-refractivity contribution in [1.29, 1.82) is 0 Å². The fraction of sp³-hybridized carbons (Fsp3) is 0.588. The van der Waals surface area contributed by atoms with Gasteiger partial charge in [0, 0.05) is 50.9 Å². The maximum Gasteiger partial charge on any atom is 0.151 e. The predicted octanol–water partition coefficient (Wildman–Crippen LogP) is 1.31. The van der Waals surface area contributed by atoms with Crippen LogP contribution in [0.15, 0.2) is 18.5 Å². The molecule has 1 N–H and O–H groups in total. The Morgan fingerprint density at radius 3 is 2.91 bits per heavy atom. The topological polar surface area (TPSA) is 58.9 Å². The van der Waals surface area contributed by atoms with Crippen molar-refractivity contribution in [3.63, 3.8) is 0 Å². The molecule has 23 heavy (non-hydrogen) atoms. The van der Waals surface area contributed by atoms with Gasteiger partial charge in [0.25, 0.3) is 0 Å². The summed E-state index contributed by atoms with van der Waals surface area (Å²) in [6.45, 7) is 4.09. The number of aryl methyl sites for hydroxylation is 3. The molecule has 0 radical (unpaired) electrons. The van der Waals surface area contributed by atoms with Gasteiger partial charge in [-0.15, -0.1) is 5.10 Å². The molecule has 1 fully saturated rings. The fourth-order valence-corrected chi connectivity index (χ4v) is 3.50. The maximum atomic E-state index is 4.43. The molecule has 2 aromatic heterocycles.